The Balaban J connectivity index is 1.18. The number of likely N-dealkylation sites (tertiary alicyclic amines) is 1. The van der Waals surface area contributed by atoms with Crippen molar-refractivity contribution < 1.29 is 31.5 Å². The second kappa shape index (κ2) is 10.7. The summed E-state index contributed by atoms with van der Waals surface area (Å²) >= 11 is 3.55. The summed E-state index contributed by atoms with van der Waals surface area (Å²) in [4.78, 5) is 21.0. The summed E-state index contributed by atoms with van der Waals surface area (Å²) < 4.78 is 73.7. The van der Waals surface area contributed by atoms with Crippen molar-refractivity contribution in [2.45, 2.75) is 48.7 Å². The normalized spacial score (nSPS) is 20.9. The third kappa shape index (κ3) is 5.52. The molecule has 2 atom stereocenters. The number of thiazole rings is 1. The zero-order valence-corrected chi connectivity index (χ0v) is 23.1. The Morgan fingerprint density at radius 3 is 2.53 bits per heavy atom. The summed E-state index contributed by atoms with van der Waals surface area (Å²) in [5.41, 5.74) is -0.831. The maximum absolute atomic E-state index is 14.3. The van der Waals surface area contributed by atoms with E-state index in [9.17, 15) is 26.7 Å². The third-order valence-corrected chi connectivity index (χ3v) is 8.72. The molecule has 2 fully saturated rings. The molecule has 5 rings (SSSR count). The first-order valence-electron chi connectivity index (χ1n) is 11.9. The summed E-state index contributed by atoms with van der Waals surface area (Å²) in [7, 11) is 0. The number of ether oxygens (including phenoxy) is 1. The van der Waals surface area contributed by atoms with Crippen LogP contribution in [0.3, 0.4) is 0 Å². The molecule has 1 amide bonds. The predicted octanol–water partition coefficient (Wildman–Crippen LogP) is 5.65. The average Bonchev–Trinajstić information content (AvgIpc) is 3.58. The first-order chi connectivity index (χ1) is 18.0. The van der Waals surface area contributed by atoms with Gasteiger partial charge in [-0.15, -0.1) is 11.3 Å². The number of alkyl halides is 4. The van der Waals surface area contributed by atoms with Crippen LogP contribution in [0.2, 0.25) is 0 Å². The topological polar surface area (TPSA) is 63.5 Å². The highest BCUT2D eigenvalue weighted by Crippen LogP contribution is 2.39. The number of hydrogen-bond donors (Lipinski definition) is 0. The fraction of sp³-hybridized carbons (Fsp3) is 0.458. The number of benzene rings is 1. The monoisotopic (exact) mass is 667 g/mol. The van der Waals surface area contributed by atoms with Crippen molar-refractivity contribution in [1.29, 1.82) is 0 Å². The fourth-order valence-corrected chi connectivity index (χ4v) is 6.56. The molecule has 7 nitrogen and oxygen atoms in total. The molecule has 2 aliphatic heterocycles. The van der Waals surface area contributed by atoms with Crippen molar-refractivity contribution in [2.24, 2.45) is 0 Å². The smallest absolute Gasteiger partial charge is 0.341 e. The van der Waals surface area contributed by atoms with Gasteiger partial charge < -0.3 is 14.5 Å². The van der Waals surface area contributed by atoms with Crippen molar-refractivity contribution in [2.75, 3.05) is 24.5 Å². The second-order valence-electron chi connectivity index (χ2n) is 9.23. The lowest BCUT2D eigenvalue weighted by Crippen LogP contribution is -2.40. The molecule has 0 aliphatic carbocycles. The van der Waals surface area contributed by atoms with E-state index in [0.29, 0.717) is 31.7 Å². The molecule has 0 bridgehead atoms. The van der Waals surface area contributed by atoms with Gasteiger partial charge in [0.05, 0.1) is 17.1 Å². The maximum Gasteiger partial charge on any atom is 0.435 e. The Morgan fingerprint density at radius 2 is 1.89 bits per heavy atom. The Kier molecular flexibility index (Phi) is 7.66. The molecule has 2 aliphatic rings. The standard InChI is InChI=1S/C24H23F5IN5O2S/c1-13-9-18(24(27,28)29)32-35(13)11-20(36)33-7-5-14(6-8-33)22-31-19(12-38-22)34-10-17(37-23(34)30)21-15(25)3-2-4-16(21)26/h2-4,9,12,14,17,23H,5-8,10-11H2,1H3/t17-,23?/m0/s1. The van der Waals surface area contributed by atoms with Crippen LogP contribution in [-0.2, 0) is 22.3 Å². The van der Waals surface area contributed by atoms with Crippen LogP contribution in [0.5, 0.6) is 0 Å². The van der Waals surface area contributed by atoms with Crippen molar-refractivity contribution >= 4 is 45.7 Å². The van der Waals surface area contributed by atoms with Gasteiger partial charge in [0.2, 0.25) is 5.91 Å². The van der Waals surface area contributed by atoms with Crippen molar-refractivity contribution in [1.82, 2.24) is 19.7 Å². The van der Waals surface area contributed by atoms with Gasteiger partial charge in [-0.25, -0.2) is 13.8 Å². The molecule has 1 aromatic carbocycles. The van der Waals surface area contributed by atoms with E-state index in [1.54, 1.807) is 4.90 Å². The largest absolute Gasteiger partial charge is 0.435 e. The number of halogens is 6. The maximum atomic E-state index is 14.3. The Labute approximate surface area is 232 Å². The van der Waals surface area contributed by atoms with E-state index >= 15 is 0 Å². The van der Waals surface area contributed by atoms with Gasteiger partial charge in [-0.05, 0) is 60.6 Å². The lowest BCUT2D eigenvalue weighted by atomic mass is 9.97. The van der Waals surface area contributed by atoms with Crippen LogP contribution in [0.4, 0.5) is 27.8 Å². The van der Waals surface area contributed by atoms with E-state index in [4.69, 9.17) is 9.72 Å². The summed E-state index contributed by atoms with van der Waals surface area (Å²) in [6, 6.07) is 4.66. The van der Waals surface area contributed by atoms with Crippen LogP contribution in [0, 0.1) is 18.6 Å². The molecule has 2 aromatic heterocycles. The molecule has 204 valence electrons. The van der Waals surface area contributed by atoms with Gasteiger partial charge >= 0.3 is 6.18 Å². The Hall–Kier alpha value is -2.33. The minimum Gasteiger partial charge on any atom is -0.341 e. The van der Waals surface area contributed by atoms with Gasteiger partial charge in [0.25, 0.3) is 0 Å². The van der Waals surface area contributed by atoms with E-state index in [-0.39, 0.29) is 36.2 Å². The van der Waals surface area contributed by atoms with Crippen molar-refractivity contribution in [3.8, 4) is 0 Å². The van der Waals surface area contributed by atoms with E-state index < -0.39 is 33.8 Å². The van der Waals surface area contributed by atoms with Crippen molar-refractivity contribution in [3.63, 3.8) is 0 Å². The minimum absolute atomic E-state index is 0.0934. The third-order valence-electron chi connectivity index (χ3n) is 6.76. The SMILES string of the molecule is Cc1cc(C(F)(F)F)nn1CC(=O)N1CCC(c2nc(N3C[C@@H](c4c(F)cccc4F)OC3I)cs2)CC1. The molecule has 3 aromatic rings. The highest BCUT2D eigenvalue weighted by molar-refractivity contribution is 14.1. The number of anilines is 1. The predicted molar refractivity (Wildman–Crippen MR) is 138 cm³/mol. The minimum atomic E-state index is -4.56. The van der Waals surface area contributed by atoms with Crippen LogP contribution in [-0.4, -0.2) is 49.4 Å². The number of hydrogen-bond acceptors (Lipinski definition) is 6. The zero-order valence-electron chi connectivity index (χ0n) is 20.1. The summed E-state index contributed by atoms with van der Waals surface area (Å²) in [5, 5.41) is 6.32. The van der Waals surface area contributed by atoms with Gasteiger partial charge in [-0.1, -0.05) is 6.07 Å². The molecular formula is C24H23F5IN5O2S. The van der Waals surface area contributed by atoms with Gasteiger partial charge in [0, 0.05) is 30.1 Å². The molecule has 0 saturated carbocycles. The van der Waals surface area contributed by atoms with E-state index in [2.05, 4.69) is 27.7 Å². The molecular weight excluding hydrogens is 644 g/mol. The summed E-state index contributed by atoms with van der Waals surface area (Å²) in [5.74, 6) is -0.793. The van der Waals surface area contributed by atoms with Crippen LogP contribution >= 0.6 is 33.9 Å². The first kappa shape index (κ1) is 27.2. The van der Waals surface area contributed by atoms with Crippen molar-refractivity contribution in [3.05, 3.63) is 63.2 Å². The molecule has 1 unspecified atom stereocenters. The molecule has 0 radical (unpaired) electrons. The van der Waals surface area contributed by atoms with Gasteiger partial charge in [0.15, 0.2) is 9.93 Å². The number of piperidine rings is 1. The van der Waals surface area contributed by atoms with Gasteiger partial charge in [-0.2, -0.15) is 18.3 Å². The molecule has 14 heteroatoms. The Bertz CT molecular complexity index is 1300. The second-order valence-corrected chi connectivity index (χ2v) is 11.2. The number of aromatic nitrogens is 3. The molecule has 0 spiro atoms. The van der Waals surface area contributed by atoms with Crippen LogP contribution in [0.1, 0.15) is 46.8 Å². The summed E-state index contributed by atoms with van der Waals surface area (Å²) in [6.45, 7) is 2.42. The lowest BCUT2D eigenvalue weighted by Gasteiger charge is -2.31. The number of rotatable bonds is 5. The van der Waals surface area contributed by atoms with E-state index in [1.165, 1.54) is 36.5 Å². The highest BCUT2D eigenvalue weighted by Gasteiger charge is 2.37. The van der Waals surface area contributed by atoms with Gasteiger partial charge in [-0.3, -0.25) is 9.48 Å². The molecule has 4 heterocycles. The number of nitrogens with zero attached hydrogens (tertiary/aromatic N) is 5. The summed E-state index contributed by atoms with van der Waals surface area (Å²) in [6.07, 6.45) is -3.99. The quantitative estimate of drug-likeness (QED) is 0.153. The Morgan fingerprint density at radius 1 is 1.21 bits per heavy atom. The molecule has 38 heavy (non-hydrogen) atoms. The number of carbonyl (C=O) groups excluding carboxylic acids is 1. The lowest BCUT2D eigenvalue weighted by molar-refractivity contribution is -0.142. The average molecular weight is 667 g/mol. The highest BCUT2D eigenvalue weighted by atomic mass is 127. The van der Waals surface area contributed by atoms with Crippen LogP contribution in [0.25, 0.3) is 0 Å². The molecule has 0 N–H and O–H groups in total. The first-order valence-corrected chi connectivity index (χ1v) is 14.0. The number of aryl methyl sites for hydroxylation is 1. The van der Waals surface area contributed by atoms with Crippen LogP contribution < -0.4 is 4.90 Å². The molecule has 2 saturated heterocycles. The van der Waals surface area contributed by atoms with E-state index in [0.717, 1.165) is 15.8 Å². The zero-order chi connectivity index (χ0) is 27.2. The number of carbonyl (C=O) groups is 1. The number of amides is 1. The van der Waals surface area contributed by atoms with Crippen LogP contribution in [0.15, 0.2) is 29.6 Å². The van der Waals surface area contributed by atoms with Gasteiger partial charge in [0.1, 0.15) is 30.1 Å². The van der Waals surface area contributed by atoms with E-state index in [1.807, 2.05) is 10.3 Å². The fourth-order valence-electron chi connectivity index (χ4n) is 4.70.